The molecule has 2 aliphatic heterocycles. The van der Waals surface area contributed by atoms with Gasteiger partial charge in [-0.2, -0.15) is 0 Å². The van der Waals surface area contributed by atoms with Crippen molar-refractivity contribution in [1.82, 2.24) is 0 Å². The van der Waals surface area contributed by atoms with Crippen molar-refractivity contribution in [2.75, 3.05) is 25.1 Å². The molecule has 1 aromatic rings. The van der Waals surface area contributed by atoms with Gasteiger partial charge in [0.15, 0.2) is 0 Å². The molecule has 2 saturated heterocycles. The highest BCUT2D eigenvalue weighted by Gasteiger charge is 2.51. The van der Waals surface area contributed by atoms with Gasteiger partial charge < -0.3 is 19.4 Å². The average Bonchev–Trinajstić information content (AvgIpc) is 3.04. The summed E-state index contributed by atoms with van der Waals surface area (Å²) >= 11 is 0. The van der Waals surface area contributed by atoms with Gasteiger partial charge in [-0.3, -0.25) is 0 Å². The largest absolute Gasteiger partial charge is 0.494 e. The lowest BCUT2D eigenvalue weighted by molar-refractivity contribution is 0.00578. The van der Waals surface area contributed by atoms with E-state index in [0.717, 1.165) is 37.3 Å². The van der Waals surface area contributed by atoms with Crippen LogP contribution < -0.4 is 10.8 Å². The lowest BCUT2D eigenvalue weighted by Crippen LogP contribution is -2.41. The molecule has 2 heterocycles. The number of nitrogens with one attached hydrogen (secondary N) is 1. The average molecular weight is 303 g/mol. The van der Waals surface area contributed by atoms with E-state index < -0.39 is 0 Å². The van der Waals surface area contributed by atoms with Gasteiger partial charge in [-0.05, 0) is 51.7 Å². The van der Waals surface area contributed by atoms with Crippen LogP contribution in [0.3, 0.4) is 0 Å². The number of hydrogen-bond donors (Lipinski definition) is 1. The monoisotopic (exact) mass is 303 g/mol. The van der Waals surface area contributed by atoms with Crippen LogP contribution in [0.5, 0.6) is 0 Å². The predicted octanol–water partition coefficient (Wildman–Crippen LogP) is 2.43. The fourth-order valence-corrected chi connectivity index (χ4v) is 2.74. The predicted molar refractivity (Wildman–Crippen MR) is 89.6 cm³/mol. The van der Waals surface area contributed by atoms with Gasteiger partial charge in [-0.1, -0.05) is 12.1 Å². The molecule has 1 atom stereocenters. The van der Waals surface area contributed by atoms with E-state index in [1.165, 1.54) is 0 Å². The van der Waals surface area contributed by atoms with Gasteiger partial charge >= 0.3 is 7.12 Å². The van der Waals surface area contributed by atoms with E-state index >= 15 is 0 Å². The zero-order valence-electron chi connectivity index (χ0n) is 14.0. The van der Waals surface area contributed by atoms with Crippen LogP contribution >= 0.6 is 0 Å². The molecule has 5 heteroatoms. The minimum atomic E-state index is -0.295. The first-order chi connectivity index (χ1) is 10.4. The van der Waals surface area contributed by atoms with Gasteiger partial charge in [-0.25, -0.2) is 0 Å². The molecule has 0 bridgehead atoms. The number of anilines is 1. The van der Waals surface area contributed by atoms with E-state index in [1.807, 2.05) is 0 Å². The first-order valence-corrected chi connectivity index (χ1v) is 8.15. The Labute approximate surface area is 133 Å². The van der Waals surface area contributed by atoms with E-state index in [2.05, 4.69) is 57.3 Å². The van der Waals surface area contributed by atoms with Crippen molar-refractivity contribution in [3.63, 3.8) is 0 Å². The Balaban J connectivity index is 1.60. The molecule has 1 unspecified atom stereocenters. The third kappa shape index (κ3) is 3.17. The van der Waals surface area contributed by atoms with Crippen LogP contribution in [0.15, 0.2) is 24.3 Å². The molecule has 4 nitrogen and oxygen atoms in total. The third-order valence-corrected chi connectivity index (χ3v) is 5.05. The van der Waals surface area contributed by atoms with Crippen LogP contribution in [-0.2, 0) is 14.0 Å². The summed E-state index contributed by atoms with van der Waals surface area (Å²) < 4.78 is 17.5. The highest BCUT2D eigenvalue weighted by atomic mass is 16.7. The van der Waals surface area contributed by atoms with E-state index in [4.69, 9.17) is 14.0 Å². The Morgan fingerprint density at radius 2 is 1.73 bits per heavy atom. The van der Waals surface area contributed by atoms with Crippen LogP contribution in [0.25, 0.3) is 0 Å². The topological polar surface area (TPSA) is 39.7 Å². The molecule has 0 saturated carbocycles. The van der Waals surface area contributed by atoms with Gasteiger partial charge in [0.05, 0.1) is 17.8 Å². The molecule has 120 valence electrons. The lowest BCUT2D eigenvalue weighted by Gasteiger charge is -2.32. The molecule has 0 spiro atoms. The van der Waals surface area contributed by atoms with Gasteiger partial charge in [0, 0.05) is 24.8 Å². The maximum absolute atomic E-state index is 6.07. The van der Waals surface area contributed by atoms with Crippen LogP contribution in [0.2, 0.25) is 0 Å². The fraction of sp³-hybridized carbons (Fsp3) is 0.647. The Morgan fingerprint density at radius 3 is 2.27 bits per heavy atom. The fourth-order valence-electron chi connectivity index (χ4n) is 2.74. The molecule has 1 N–H and O–H groups in total. The molecule has 0 aliphatic carbocycles. The van der Waals surface area contributed by atoms with Crippen molar-refractivity contribution in [3.8, 4) is 0 Å². The summed E-state index contributed by atoms with van der Waals surface area (Å²) in [6.45, 7) is 11.0. The van der Waals surface area contributed by atoms with Crippen molar-refractivity contribution in [1.29, 1.82) is 0 Å². The summed E-state index contributed by atoms with van der Waals surface area (Å²) in [6, 6.07) is 8.34. The number of benzene rings is 1. The van der Waals surface area contributed by atoms with Gasteiger partial charge in [0.2, 0.25) is 0 Å². The number of ether oxygens (including phenoxy) is 1. The van der Waals surface area contributed by atoms with Gasteiger partial charge in [-0.15, -0.1) is 0 Å². The summed E-state index contributed by atoms with van der Waals surface area (Å²) in [7, 11) is -0.290. The molecule has 0 amide bonds. The summed E-state index contributed by atoms with van der Waals surface area (Å²) in [6.07, 6.45) is 1.15. The highest BCUT2D eigenvalue weighted by Crippen LogP contribution is 2.36. The second-order valence-electron chi connectivity index (χ2n) is 7.32. The van der Waals surface area contributed by atoms with E-state index in [0.29, 0.717) is 5.92 Å². The smallest absolute Gasteiger partial charge is 0.399 e. The molecular weight excluding hydrogens is 277 g/mol. The lowest BCUT2D eigenvalue weighted by atomic mass is 9.79. The van der Waals surface area contributed by atoms with Crippen LogP contribution in [-0.4, -0.2) is 38.1 Å². The van der Waals surface area contributed by atoms with Crippen LogP contribution in [0, 0.1) is 5.92 Å². The minimum Gasteiger partial charge on any atom is -0.399 e. The maximum atomic E-state index is 6.07. The molecule has 1 aromatic carbocycles. The molecule has 0 radical (unpaired) electrons. The molecule has 2 fully saturated rings. The third-order valence-electron chi connectivity index (χ3n) is 5.05. The van der Waals surface area contributed by atoms with E-state index in [-0.39, 0.29) is 18.3 Å². The summed E-state index contributed by atoms with van der Waals surface area (Å²) in [5, 5.41) is 3.48. The normalized spacial score (nSPS) is 26.4. The second-order valence-corrected chi connectivity index (χ2v) is 7.32. The number of rotatable bonds is 4. The van der Waals surface area contributed by atoms with Crippen LogP contribution in [0.4, 0.5) is 5.69 Å². The van der Waals surface area contributed by atoms with Crippen molar-refractivity contribution in [2.24, 2.45) is 5.92 Å². The molecule has 22 heavy (non-hydrogen) atoms. The number of hydrogen-bond acceptors (Lipinski definition) is 4. The van der Waals surface area contributed by atoms with Gasteiger partial charge in [0.1, 0.15) is 0 Å². The molecule has 3 rings (SSSR count). The summed E-state index contributed by atoms with van der Waals surface area (Å²) in [5.74, 6) is 0.628. The Hall–Kier alpha value is -1.04. The Bertz CT molecular complexity index is 493. The van der Waals surface area contributed by atoms with Crippen LogP contribution in [0.1, 0.15) is 34.1 Å². The summed E-state index contributed by atoms with van der Waals surface area (Å²) in [4.78, 5) is 0. The first-order valence-electron chi connectivity index (χ1n) is 8.15. The highest BCUT2D eigenvalue weighted by molar-refractivity contribution is 6.62. The van der Waals surface area contributed by atoms with Crippen molar-refractivity contribution < 1.29 is 14.0 Å². The Morgan fingerprint density at radius 1 is 1.09 bits per heavy atom. The zero-order chi connectivity index (χ0) is 15.8. The molecule has 0 aromatic heterocycles. The van der Waals surface area contributed by atoms with E-state index in [1.54, 1.807) is 0 Å². The van der Waals surface area contributed by atoms with Crippen molar-refractivity contribution >= 4 is 18.3 Å². The first kappa shape index (κ1) is 15.8. The maximum Gasteiger partial charge on any atom is 0.494 e. The second kappa shape index (κ2) is 5.87. The SMILES string of the molecule is CC1(C)OB(c2ccc(NCC3CCOC3)cc2)OC1(C)C. The van der Waals surface area contributed by atoms with E-state index in [9.17, 15) is 0 Å². The van der Waals surface area contributed by atoms with Crippen molar-refractivity contribution in [2.45, 2.75) is 45.3 Å². The molecule has 2 aliphatic rings. The minimum absolute atomic E-state index is 0.290. The summed E-state index contributed by atoms with van der Waals surface area (Å²) in [5.41, 5.74) is 1.61. The quantitative estimate of drug-likeness (QED) is 0.867. The zero-order valence-corrected chi connectivity index (χ0v) is 14.0. The van der Waals surface area contributed by atoms with Gasteiger partial charge in [0.25, 0.3) is 0 Å². The molecular formula is C17H26BNO3. The standard InChI is InChI=1S/C17H26BNO3/c1-16(2)17(3,4)22-18(21-16)14-5-7-15(8-6-14)19-11-13-9-10-20-12-13/h5-8,13,19H,9-12H2,1-4H3. The Kier molecular flexibility index (Phi) is 4.23. The van der Waals surface area contributed by atoms with Crippen molar-refractivity contribution in [3.05, 3.63) is 24.3 Å².